The third-order valence-electron chi connectivity index (χ3n) is 5.75. The molecule has 0 aliphatic carbocycles. The summed E-state index contributed by atoms with van der Waals surface area (Å²) < 4.78 is 32.7. The molecule has 0 spiro atoms. The Morgan fingerprint density at radius 1 is 1.19 bits per heavy atom. The van der Waals surface area contributed by atoms with E-state index in [4.69, 9.17) is 4.74 Å². The number of amides is 4. The third kappa shape index (κ3) is 9.51. The van der Waals surface area contributed by atoms with Crippen molar-refractivity contribution in [1.29, 1.82) is 0 Å². The highest BCUT2D eigenvalue weighted by atomic mass is 32.2. The monoisotopic (exact) mass is 540 g/mol. The van der Waals surface area contributed by atoms with E-state index in [1.165, 1.54) is 11.0 Å². The van der Waals surface area contributed by atoms with Crippen molar-refractivity contribution in [2.24, 2.45) is 5.92 Å². The van der Waals surface area contributed by atoms with Crippen molar-refractivity contribution in [3.8, 4) is 0 Å². The molecule has 0 aromatic heterocycles. The standard InChI is InChI=1S/C25H40N4O7S/c1-16(2)14-19(27-24(33)36-25(4,5)6)22(31)26-18-11-9-13-29(15-20(18)30)23(32)28-37(34,35)21-12-8-7-10-17(21)3/h7-8,10,12,16,18-20,30H,9,11,13-15H2,1-6H3,(H,26,31)(H,27,33)(H,28,32)/t18?,19-,20?/m0/s1. The van der Waals surface area contributed by atoms with Crippen molar-refractivity contribution < 1.29 is 32.6 Å². The molecule has 12 heteroatoms. The molecule has 2 rings (SSSR count). The summed E-state index contributed by atoms with van der Waals surface area (Å²) in [5, 5.41) is 16.2. The number of rotatable bonds is 7. The van der Waals surface area contributed by atoms with E-state index < -0.39 is 51.8 Å². The highest BCUT2D eigenvalue weighted by Gasteiger charge is 2.33. The molecule has 0 bridgehead atoms. The average molecular weight is 541 g/mol. The summed E-state index contributed by atoms with van der Waals surface area (Å²) in [6.07, 6.45) is -0.706. The van der Waals surface area contributed by atoms with Crippen molar-refractivity contribution in [3.63, 3.8) is 0 Å². The zero-order valence-electron chi connectivity index (χ0n) is 22.4. The van der Waals surface area contributed by atoms with Crippen LogP contribution in [0, 0.1) is 12.8 Å². The molecule has 11 nitrogen and oxygen atoms in total. The molecule has 1 aromatic carbocycles. The number of aliphatic hydroxyl groups excluding tert-OH is 1. The fraction of sp³-hybridized carbons (Fsp3) is 0.640. The van der Waals surface area contributed by atoms with E-state index in [2.05, 4.69) is 15.4 Å². The summed E-state index contributed by atoms with van der Waals surface area (Å²) in [6.45, 7) is 10.7. The first-order chi connectivity index (χ1) is 17.1. The summed E-state index contributed by atoms with van der Waals surface area (Å²) in [5.41, 5.74) is -0.227. The molecule has 1 saturated heterocycles. The van der Waals surface area contributed by atoms with Crippen LogP contribution in [0.25, 0.3) is 0 Å². The van der Waals surface area contributed by atoms with Crippen LogP contribution < -0.4 is 15.4 Å². The van der Waals surface area contributed by atoms with E-state index in [1.54, 1.807) is 45.9 Å². The van der Waals surface area contributed by atoms with Crippen molar-refractivity contribution in [1.82, 2.24) is 20.3 Å². The number of likely N-dealkylation sites (tertiary alicyclic amines) is 1. The lowest BCUT2D eigenvalue weighted by atomic mass is 10.0. The maximum atomic E-state index is 13.0. The second kappa shape index (κ2) is 12.6. The number of benzene rings is 1. The summed E-state index contributed by atoms with van der Waals surface area (Å²) in [7, 11) is -4.09. The van der Waals surface area contributed by atoms with Crippen LogP contribution in [0.15, 0.2) is 29.2 Å². The largest absolute Gasteiger partial charge is 0.444 e. The molecule has 1 heterocycles. The minimum Gasteiger partial charge on any atom is -0.444 e. The number of nitrogens with zero attached hydrogens (tertiary/aromatic N) is 1. The smallest absolute Gasteiger partial charge is 0.408 e. The van der Waals surface area contributed by atoms with Gasteiger partial charge in [0, 0.05) is 6.54 Å². The second-order valence-corrected chi connectivity index (χ2v) is 12.4. The van der Waals surface area contributed by atoms with Gasteiger partial charge in [-0.2, -0.15) is 0 Å². The minimum absolute atomic E-state index is 0.00228. The van der Waals surface area contributed by atoms with Crippen LogP contribution >= 0.6 is 0 Å². The molecule has 0 radical (unpaired) electrons. The van der Waals surface area contributed by atoms with Gasteiger partial charge in [0.2, 0.25) is 5.91 Å². The number of carbonyl (C=O) groups is 3. The van der Waals surface area contributed by atoms with Crippen LogP contribution in [-0.2, 0) is 19.6 Å². The first kappa shape index (κ1) is 30.4. The number of hydrogen-bond donors (Lipinski definition) is 4. The van der Waals surface area contributed by atoms with Gasteiger partial charge in [-0.15, -0.1) is 0 Å². The summed E-state index contributed by atoms with van der Waals surface area (Å²) in [5.74, 6) is -0.372. The lowest BCUT2D eigenvalue weighted by Crippen LogP contribution is -2.54. The number of β-amino-alcohol motifs (C(OH)–C–C–N with tert-alkyl or cyclic N) is 1. The molecule has 1 fully saturated rings. The normalized spacial score (nSPS) is 19.5. The average Bonchev–Trinajstić information content (AvgIpc) is 2.93. The molecule has 1 aliphatic heterocycles. The number of carbonyl (C=O) groups excluding carboxylic acids is 3. The van der Waals surface area contributed by atoms with Gasteiger partial charge in [-0.25, -0.2) is 22.7 Å². The lowest BCUT2D eigenvalue weighted by molar-refractivity contribution is -0.125. The fourth-order valence-corrected chi connectivity index (χ4v) is 5.24. The Kier molecular flexibility index (Phi) is 10.3. The number of nitrogens with one attached hydrogen (secondary N) is 3. The molecule has 37 heavy (non-hydrogen) atoms. The van der Waals surface area contributed by atoms with Gasteiger partial charge in [0.15, 0.2) is 0 Å². The van der Waals surface area contributed by atoms with Crippen LogP contribution in [-0.4, -0.2) is 73.3 Å². The highest BCUT2D eigenvalue weighted by molar-refractivity contribution is 7.90. The number of sulfonamides is 1. The first-order valence-corrected chi connectivity index (χ1v) is 13.9. The Balaban J connectivity index is 2.04. The molecule has 4 N–H and O–H groups in total. The Morgan fingerprint density at radius 2 is 1.84 bits per heavy atom. The molecule has 1 aliphatic rings. The molecular formula is C25H40N4O7S. The molecule has 0 saturated carbocycles. The van der Waals surface area contributed by atoms with E-state index in [0.717, 1.165) is 0 Å². The Morgan fingerprint density at radius 3 is 2.43 bits per heavy atom. The number of hydrogen-bond acceptors (Lipinski definition) is 7. The summed E-state index contributed by atoms with van der Waals surface area (Å²) >= 11 is 0. The van der Waals surface area contributed by atoms with Crippen LogP contribution in [0.2, 0.25) is 0 Å². The number of urea groups is 1. The third-order valence-corrected chi connectivity index (χ3v) is 7.23. The van der Waals surface area contributed by atoms with Gasteiger partial charge >= 0.3 is 12.1 Å². The predicted molar refractivity (Wildman–Crippen MR) is 138 cm³/mol. The molecule has 2 unspecified atom stereocenters. The van der Waals surface area contributed by atoms with Gasteiger partial charge in [0.1, 0.15) is 11.6 Å². The number of ether oxygens (including phenoxy) is 1. The van der Waals surface area contributed by atoms with E-state index in [9.17, 15) is 27.9 Å². The van der Waals surface area contributed by atoms with Crippen LogP contribution in [0.3, 0.4) is 0 Å². The fourth-order valence-electron chi connectivity index (χ4n) is 4.02. The second-order valence-electron chi connectivity index (χ2n) is 10.8. The van der Waals surface area contributed by atoms with Crippen molar-refractivity contribution >= 4 is 28.1 Å². The van der Waals surface area contributed by atoms with Crippen molar-refractivity contribution in [2.75, 3.05) is 13.1 Å². The van der Waals surface area contributed by atoms with Crippen molar-refractivity contribution in [2.45, 2.75) is 89.5 Å². The van der Waals surface area contributed by atoms with Crippen molar-refractivity contribution in [3.05, 3.63) is 29.8 Å². The lowest BCUT2D eigenvalue weighted by Gasteiger charge is -2.28. The quantitative estimate of drug-likeness (QED) is 0.414. The van der Waals surface area contributed by atoms with Gasteiger partial charge in [-0.05, 0) is 64.5 Å². The van der Waals surface area contributed by atoms with E-state index in [1.807, 2.05) is 13.8 Å². The molecule has 3 atom stereocenters. The zero-order chi connectivity index (χ0) is 28.0. The van der Waals surface area contributed by atoms with E-state index in [0.29, 0.717) is 24.8 Å². The Bertz CT molecular complexity index is 1070. The molecule has 4 amide bonds. The predicted octanol–water partition coefficient (Wildman–Crippen LogP) is 2.27. The number of aliphatic hydroxyl groups is 1. The number of alkyl carbamates (subject to hydrolysis) is 1. The van der Waals surface area contributed by atoms with E-state index in [-0.39, 0.29) is 23.9 Å². The highest BCUT2D eigenvalue weighted by Crippen LogP contribution is 2.17. The summed E-state index contributed by atoms with van der Waals surface area (Å²) in [6, 6.07) is 3.90. The van der Waals surface area contributed by atoms with Gasteiger partial charge < -0.3 is 25.4 Å². The summed E-state index contributed by atoms with van der Waals surface area (Å²) in [4.78, 5) is 39.3. The van der Waals surface area contributed by atoms with Crippen LogP contribution in [0.5, 0.6) is 0 Å². The Hall–Kier alpha value is -2.86. The molecule has 1 aromatic rings. The number of aryl methyl sites for hydroxylation is 1. The van der Waals surface area contributed by atoms with Crippen LogP contribution in [0.1, 0.15) is 59.4 Å². The van der Waals surface area contributed by atoms with Crippen LogP contribution in [0.4, 0.5) is 9.59 Å². The zero-order valence-corrected chi connectivity index (χ0v) is 23.2. The van der Waals surface area contributed by atoms with Gasteiger partial charge in [0.25, 0.3) is 10.0 Å². The SMILES string of the molecule is Cc1ccccc1S(=O)(=O)NC(=O)N1CCCC(NC(=O)[C@H](CC(C)C)NC(=O)OC(C)(C)C)C(O)C1. The van der Waals surface area contributed by atoms with Gasteiger partial charge in [-0.3, -0.25) is 4.79 Å². The van der Waals surface area contributed by atoms with Gasteiger partial charge in [-0.1, -0.05) is 32.0 Å². The minimum atomic E-state index is -4.09. The van der Waals surface area contributed by atoms with Gasteiger partial charge in [0.05, 0.1) is 23.6 Å². The van der Waals surface area contributed by atoms with E-state index >= 15 is 0 Å². The molecule has 208 valence electrons. The Labute approximate surface area is 219 Å². The topological polar surface area (TPSA) is 154 Å². The molecular weight excluding hydrogens is 500 g/mol. The maximum Gasteiger partial charge on any atom is 0.408 e. The first-order valence-electron chi connectivity index (χ1n) is 12.4. The maximum absolute atomic E-state index is 13.0.